The molecule has 1 saturated carbocycles. The number of urea groups is 1. The number of carbonyl (C=O) groups excluding carboxylic acids is 1. The van der Waals surface area contributed by atoms with Crippen molar-refractivity contribution in [2.45, 2.75) is 45.1 Å². The molecule has 0 aromatic carbocycles. The fourth-order valence-electron chi connectivity index (χ4n) is 3.09. The van der Waals surface area contributed by atoms with Crippen LogP contribution < -0.4 is 5.73 Å². The van der Waals surface area contributed by atoms with Crippen molar-refractivity contribution in [1.82, 2.24) is 9.80 Å². The number of nitrogens with zero attached hydrogens (tertiary/aromatic N) is 2. The van der Waals surface area contributed by atoms with Gasteiger partial charge in [0, 0.05) is 27.2 Å². The summed E-state index contributed by atoms with van der Waals surface area (Å²) in [6.07, 6.45) is 4.52. The Bertz CT molecular complexity index is 267. The molecule has 0 saturated heterocycles. The standard InChI is InChI=1S/C13H27N3O/c1-5-16(12(17)15(3)4)13(10-14)8-6-7-11(2)9-13/h11H,5-10,14H2,1-4H3. The van der Waals surface area contributed by atoms with Crippen molar-refractivity contribution in [1.29, 1.82) is 0 Å². The van der Waals surface area contributed by atoms with E-state index >= 15 is 0 Å². The predicted molar refractivity (Wildman–Crippen MR) is 70.9 cm³/mol. The second-order valence-electron chi connectivity index (χ2n) is 5.55. The zero-order valence-electron chi connectivity index (χ0n) is 11.7. The van der Waals surface area contributed by atoms with Crippen LogP contribution in [0.5, 0.6) is 0 Å². The van der Waals surface area contributed by atoms with Gasteiger partial charge in [-0.1, -0.05) is 19.8 Å². The van der Waals surface area contributed by atoms with Gasteiger partial charge in [-0.2, -0.15) is 0 Å². The molecule has 0 spiro atoms. The quantitative estimate of drug-likeness (QED) is 0.820. The van der Waals surface area contributed by atoms with Gasteiger partial charge in [-0.05, 0) is 25.7 Å². The molecule has 0 bridgehead atoms. The van der Waals surface area contributed by atoms with Gasteiger partial charge in [0.1, 0.15) is 0 Å². The van der Waals surface area contributed by atoms with E-state index < -0.39 is 0 Å². The number of amides is 2. The van der Waals surface area contributed by atoms with E-state index in [1.165, 1.54) is 12.8 Å². The van der Waals surface area contributed by atoms with Crippen molar-refractivity contribution in [3.05, 3.63) is 0 Å². The van der Waals surface area contributed by atoms with Gasteiger partial charge in [0.25, 0.3) is 0 Å². The zero-order chi connectivity index (χ0) is 13.1. The highest BCUT2D eigenvalue weighted by Gasteiger charge is 2.41. The summed E-state index contributed by atoms with van der Waals surface area (Å²) >= 11 is 0. The molecule has 100 valence electrons. The second kappa shape index (κ2) is 5.71. The summed E-state index contributed by atoms with van der Waals surface area (Å²) in [4.78, 5) is 15.9. The minimum Gasteiger partial charge on any atom is -0.331 e. The zero-order valence-corrected chi connectivity index (χ0v) is 11.7. The van der Waals surface area contributed by atoms with E-state index in [0.717, 1.165) is 19.4 Å². The van der Waals surface area contributed by atoms with E-state index in [1.54, 1.807) is 4.90 Å². The summed E-state index contributed by atoms with van der Waals surface area (Å²) in [5, 5.41) is 0. The summed E-state index contributed by atoms with van der Waals surface area (Å²) in [5.41, 5.74) is 5.89. The lowest BCUT2D eigenvalue weighted by Crippen LogP contribution is -2.60. The van der Waals surface area contributed by atoms with E-state index in [0.29, 0.717) is 12.5 Å². The Balaban J connectivity index is 2.92. The number of rotatable bonds is 3. The van der Waals surface area contributed by atoms with E-state index in [-0.39, 0.29) is 11.6 Å². The first-order valence-electron chi connectivity index (χ1n) is 6.66. The average molecular weight is 241 g/mol. The predicted octanol–water partition coefficient (Wildman–Crippen LogP) is 1.90. The van der Waals surface area contributed by atoms with Gasteiger partial charge >= 0.3 is 6.03 Å². The minimum atomic E-state index is -0.117. The third-order valence-corrected chi connectivity index (χ3v) is 3.95. The summed E-state index contributed by atoms with van der Waals surface area (Å²) < 4.78 is 0. The molecule has 1 fully saturated rings. The first-order chi connectivity index (χ1) is 7.96. The Kier molecular flexibility index (Phi) is 4.80. The lowest BCUT2D eigenvalue weighted by Gasteiger charge is -2.48. The smallest absolute Gasteiger partial charge is 0.319 e. The maximum atomic E-state index is 12.2. The van der Waals surface area contributed by atoms with Crippen molar-refractivity contribution in [3.63, 3.8) is 0 Å². The van der Waals surface area contributed by atoms with Crippen LogP contribution in [-0.2, 0) is 0 Å². The van der Waals surface area contributed by atoms with Crippen LogP contribution in [0.3, 0.4) is 0 Å². The maximum absolute atomic E-state index is 12.2. The summed E-state index contributed by atoms with van der Waals surface area (Å²) in [6, 6.07) is 0.0899. The fraction of sp³-hybridized carbons (Fsp3) is 0.923. The third-order valence-electron chi connectivity index (χ3n) is 3.95. The molecule has 0 aromatic heterocycles. The SMILES string of the molecule is CCN(C(=O)N(C)C)C1(CN)CCCC(C)C1. The topological polar surface area (TPSA) is 49.6 Å². The highest BCUT2D eigenvalue weighted by Crippen LogP contribution is 2.36. The van der Waals surface area contributed by atoms with E-state index in [1.807, 2.05) is 25.9 Å². The van der Waals surface area contributed by atoms with Gasteiger partial charge in [0.05, 0.1) is 5.54 Å². The Morgan fingerprint density at radius 3 is 2.53 bits per heavy atom. The van der Waals surface area contributed by atoms with Gasteiger partial charge in [-0.3, -0.25) is 0 Å². The Labute approximate surface area is 105 Å². The largest absolute Gasteiger partial charge is 0.331 e. The van der Waals surface area contributed by atoms with Gasteiger partial charge in [0.2, 0.25) is 0 Å². The van der Waals surface area contributed by atoms with E-state index in [4.69, 9.17) is 5.73 Å². The molecule has 2 unspecified atom stereocenters. The summed E-state index contributed by atoms with van der Waals surface area (Å²) in [7, 11) is 3.61. The number of likely N-dealkylation sites (N-methyl/N-ethyl adjacent to an activating group) is 1. The normalized spacial score (nSPS) is 28.9. The molecule has 2 atom stereocenters. The van der Waals surface area contributed by atoms with Crippen LogP contribution in [0.25, 0.3) is 0 Å². The highest BCUT2D eigenvalue weighted by atomic mass is 16.2. The molecule has 0 heterocycles. The molecule has 17 heavy (non-hydrogen) atoms. The fourth-order valence-corrected chi connectivity index (χ4v) is 3.09. The van der Waals surface area contributed by atoms with Crippen molar-refractivity contribution < 1.29 is 4.79 Å². The van der Waals surface area contributed by atoms with Crippen molar-refractivity contribution >= 4 is 6.03 Å². The maximum Gasteiger partial charge on any atom is 0.319 e. The van der Waals surface area contributed by atoms with E-state index in [2.05, 4.69) is 6.92 Å². The Morgan fingerprint density at radius 2 is 2.12 bits per heavy atom. The molecular weight excluding hydrogens is 214 g/mol. The van der Waals surface area contributed by atoms with Crippen molar-refractivity contribution in [2.75, 3.05) is 27.2 Å². The lowest BCUT2D eigenvalue weighted by atomic mass is 9.75. The van der Waals surface area contributed by atoms with Crippen LogP contribution in [0, 0.1) is 5.92 Å². The van der Waals surface area contributed by atoms with Crippen LogP contribution >= 0.6 is 0 Å². The van der Waals surface area contributed by atoms with Crippen LogP contribution in [0.1, 0.15) is 39.5 Å². The first-order valence-corrected chi connectivity index (χ1v) is 6.66. The molecule has 4 heteroatoms. The van der Waals surface area contributed by atoms with Gasteiger partial charge in [-0.15, -0.1) is 0 Å². The third kappa shape index (κ3) is 2.92. The van der Waals surface area contributed by atoms with Gasteiger partial charge in [0.15, 0.2) is 0 Å². The first kappa shape index (κ1) is 14.3. The Hall–Kier alpha value is -0.770. The molecule has 0 radical (unpaired) electrons. The van der Waals surface area contributed by atoms with E-state index in [9.17, 15) is 4.79 Å². The van der Waals surface area contributed by atoms with Crippen LogP contribution in [0.4, 0.5) is 4.79 Å². The monoisotopic (exact) mass is 241 g/mol. The van der Waals surface area contributed by atoms with Crippen molar-refractivity contribution in [2.24, 2.45) is 11.7 Å². The molecular formula is C13H27N3O. The Morgan fingerprint density at radius 1 is 1.47 bits per heavy atom. The number of nitrogens with two attached hydrogens (primary N) is 1. The molecule has 1 rings (SSSR count). The number of hydrogen-bond donors (Lipinski definition) is 1. The van der Waals surface area contributed by atoms with Gasteiger partial charge in [-0.25, -0.2) is 4.79 Å². The van der Waals surface area contributed by atoms with Gasteiger partial charge < -0.3 is 15.5 Å². The number of hydrogen-bond acceptors (Lipinski definition) is 2. The van der Waals surface area contributed by atoms with Crippen molar-refractivity contribution in [3.8, 4) is 0 Å². The molecule has 2 amide bonds. The minimum absolute atomic E-state index is 0.0899. The number of carbonyl (C=O) groups is 1. The second-order valence-corrected chi connectivity index (χ2v) is 5.55. The van der Waals surface area contributed by atoms with Crippen LogP contribution in [0.15, 0.2) is 0 Å². The molecule has 4 nitrogen and oxygen atoms in total. The average Bonchev–Trinajstić information content (AvgIpc) is 2.29. The molecule has 0 aromatic rings. The summed E-state index contributed by atoms with van der Waals surface area (Å²) in [6.45, 7) is 5.61. The lowest BCUT2D eigenvalue weighted by molar-refractivity contribution is 0.0578. The van der Waals surface area contributed by atoms with Crippen LogP contribution in [-0.4, -0.2) is 48.6 Å². The summed E-state index contributed by atoms with van der Waals surface area (Å²) in [5.74, 6) is 0.663. The molecule has 2 N–H and O–H groups in total. The highest BCUT2D eigenvalue weighted by molar-refractivity contribution is 5.74. The molecule has 1 aliphatic rings. The molecule has 1 aliphatic carbocycles. The van der Waals surface area contributed by atoms with Crippen LogP contribution in [0.2, 0.25) is 0 Å². The molecule has 0 aliphatic heterocycles.